The zero-order valence-electron chi connectivity index (χ0n) is 9.11. The number of sulfonamides is 1. The third-order valence-electron chi connectivity index (χ3n) is 1.90. The molecule has 0 amide bonds. The topological polar surface area (TPSA) is 76.0 Å². The lowest BCUT2D eigenvalue weighted by molar-refractivity contribution is 0.598. The summed E-state index contributed by atoms with van der Waals surface area (Å²) < 4.78 is 27.1. The van der Waals surface area contributed by atoms with Crippen LogP contribution in [-0.4, -0.2) is 37.5 Å². The standard InChI is InChI=1S/C8H16N4O2S/c1-7-8(6-12(3)10-7)11-15(13,14)5-4-9-2/h6,9,11H,4-5H2,1-3H3. The van der Waals surface area contributed by atoms with Crippen LogP contribution >= 0.6 is 0 Å². The number of hydrogen-bond acceptors (Lipinski definition) is 4. The van der Waals surface area contributed by atoms with Gasteiger partial charge in [-0.2, -0.15) is 5.10 Å². The van der Waals surface area contributed by atoms with E-state index >= 15 is 0 Å². The number of anilines is 1. The molecular formula is C8H16N4O2S. The van der Waals surface area contributed by atoms with Gasteiger partial charge >= 0.3 is 0 Å². The fourth-order valence-corrected chi connectivity index (χ4v) is 2.27. The van der Waals surface area contributed by atoms with Gasteiger partial charge < -0.3 is 5.32 Å². The quantitative estimate of drug-likeness (QED) is 0.730. The lowest BCUT2D eigenvalue weighted by Gasteiger charge is -2.05. The van der Waals surface area contributed by atoms with Gasteiger partial charge in [0.25, 0.3) is 0 Å². The first-order valence-electron chi connectivity index (χ1n) is 4.60. The Labute approximate surface area is 89.7 Å². The van der Waals surface area contributed by atoms with E-state index < -0.39 is 10.0 Å². The number of hydrogen-bond donors (Lipinski definition) is 2. The van der Waals surface area contributed by atoms with E-state index in [1.54, 1.807) is 31.9 Å². The predicted octanol–water partition coefficient (Wildman–Crippen LogP) is -0.310. The maximum Gasteiger partial charge on any atom is 0.234 e. The normalized spacial score (nSPS) is 11.7. The van der Waals surface area contributed by atoms with Crippen LogP contribution in [0.3, 0.4) is 0 Å². The Morgan fingerprint density at radius 2 is 2.20 bits per heavy atom. The molecule has 15 heavy (non-hydrogen) atoms. The van der Waals surface area contributed by atoms with Crippen molar-refractivity contribution in [1.29, 1.82) is 0 Å². The number of nitrogens with zero attached hydrogens (tertiary/aromatic N) is 2. The average Bonchev–Trinajstić information content (AvgIpc) is 2.41. The first kappa shape index (κ1) is 12.0. The Morgan fingerprint density at radius 3 is 2.67 bits per heavy atom. The van der Waals surface area contributed by atoms with E-state index in [-0.39, 0.29) is 5.75 Å². The summed E-state index contributed by atoms with van der Waals surface area (Å²) in [5, 5.41) is 6.84. The van der Waals surface area contributed by atoms with Gasteiger partial charge in [-0.1, -0.05) is 0 Å². The third kappa shape index (κ3) is 3.52. The lowest BCUT2D eigenvalue weighted by atomic mass is 10.4. The molecule has 1 heterocycles. The van der Waals surface area contributed by atoms with Gasteiger partial charge in [-0.05, 0) is 14.0 Å². The lowest BCUT2D eigenvalue weighted by Crippen LogP contribution is -2.24. The molecule has 0 aliphatic rings. The summed E-state index contributed by atoms with van der Waals surface area (Å²) in [4.78, 5) is 0. The SMILES string of the molecule is CNCCS(=O)(=O)Nc1cn(C)nc1C. The minimum atomic E-state index is -3.27. The van der Waals surface area contributed by atoms with E-state index in [2.05, 4.69) is 15.1 Å². The first-order valence-corrected chi connectivity index (χ1v) is 6.25. The highest BCUT2D eigenvalue weighted by Crippen LogP contribution is 2.13. The molecule has 0 bridgehead atoms. The maximum absolute atomic E-state index is 11.5. The van der Waals surface area contributed by atoms with E-state index in [0.717, 1.165) is 0 Å². The molecule has 1 aromatic heterocycles. The summed E-state index contributed by atoms with van der Waals surface area (Å²) in [6.45, 7) is 2.19. The highest BCUT2D eigenvalue weighted by molar-refractivity contribution is 7.92. The molecule has 0 aliphatic carbocycles. The van der Waals surface area contributed by atoms with Crippen LogP contribution in [0.4, 0.5) is 5.69 Å². The van der Waals surface area contributed by atoms with Crippen molar-refractivity contribution in [2.45, 2.75) is 6.92 Å². The zero-order valence-corrected chi connectivity index (χ0v) is 9.93. The summed E-state index contributed by atoms with van der Waals surface area (Å²) in [5.74, 6) is 0.0534. The smallest absolute Gasteiger partial charge is 0.234 e. The third-order valence-corrected chi connectivity index (χ3v) is 3.17. The molecule has 0 spiro atoms. The van der Waals surface area contributed by atoms with Crippen LogP contribution < -0.4 is 10.0 Å². The summed E-state index contributed by atoms with van der Waals surface area (Å²) in [7, 11) is 0.190. The van der Waals surface area contributed by atoms with Crippen LogP contribution in [0.5, 0.6) is 0 Å². The van der Waals surface area contributed by atoms with Crippen molar-refractivity contribution in [1.82, 2.24) is 15.1 Å². The van der Waals surface area contributed by atoms with Gasteiger partial charge in [0.1, 0.15) is 0 Å². The number of aryl methyl sites for hydroxylation is 2. The van der Waals surface area contributed by atoms with E-state index in [9.17, 15) is 8.42 Å². The number of rotatable bonds is 5. The van der Waals surface area contributed by atoms with Gasteiger partial charge in [-0.15, -0.1) is 0 Å². The van der Waals surface area contributed by atoms with Crippen LogP contribution in [0.25, 0.3) is 0 Å². The second-order valence-corrected chi connectivity index (χ2v) is 5.17. The Kier molecular flexibility index (Phi) is 3.70. The number of aromatic nitrogens is 2. The highest BCUT2D eigenvalue weighted by atomic mass is 32.2. The Bertz CT molecular complexity index is 424. The summed E-state index contributed by atoms with van der Waals surface area (Å²) >= 11 is 0. The van der Waals surface area contributed by atoms with E-state index in [4.69, 9.17) is 0 Å². The molecule has 86 valence electrons. The highest BCUT2D eigenvalue weighted by Gasteiger charge is 2.12. The van der Waals surface area contributed by atoms with Gasteiger partial charge in [0, 0.05) is 19.8 Å². The molecule has 1 rings (SSSR count). The van der Waals surface area contributed by atoms with Crippen molar-refractivity contribution in [3.63, 3.8) is 0 Å². The van der Waals surface area contributed by atoms with Crippen molar-refractivity contribution in [3.05, 3.63) is 11.9 Å². The van der Waals surface area contributed by atoms with E-state index in [1.807, 2.05) is 0 Å². The van der Waals surface area contributed by atoms with Crippen LogP contribution in [0.15, 0.2) is 6.20 Å². The average molecular weight is 232 g/mol. The molecule has 7 heteroatoms. The van der Waals surface area contributed by atoms with Crippen molar-refractivity contribution in [2.24, 2.45) is 7.05 Å². The predicted molar refractivity (Wildman–Crippen MR) is 59.3 cm³/mol. The van der Waals surface area contributed by atoms with Gasteiger partial charge in [-0.25, -0.2) is 8.42 Å². The molecule has 0 aliphatic heterocycles. The van der Waals surface area contributed by atoms with Gasteiger partial charge in [-0.3, -0.25) is 9.40 Å². The van der Waals surface area contributed by atoms with Crippen LogP contribution in [0.2, 0.25) is 0 Å². The molecule has 2 N–H and O–H groups in total. The Hall–Kier alpha value is -1.08. The Morgan fingerprint density at radius 1 is 1.53 bits per heavy atom. The van der Waals surface area contributed by atoms with Crippen molar-refractivity contribution in [2.75, 3.05) is 24.1 Å². The van der Waals surface area contributed by atoms with Crippen molar-refractivity contribution < 1.29 is 8.42 Å². The molecule has 1 aromatic rings. The van der Waals surface area contributed by atoms with Crippen molar-refractivity contribution >= 4 is 15.7 Å². The fourth-order valence-electron chi connectivity index (χ4n) is 1.15. The minimum absolute atomic E-state index is 0.0534. The maximum atomic E-state index is 11.5. The monoisotopic (exact) mass is 232 g/mol. The molecule has 0 saturated heterocycles. The molecule has 0 aromatic carbocycles. The fraction of sp³-hybridized carbons (Fsp3) is 0.625. The zero-order chi connectivity index (χ0) is 11.5. The second-order valence-electron chi connectivity index (χ2n) is 3.33. The van der Waals surface area contributed by atoms with Gasteiger partial charge in [0.2, 0.25) is 10.0 Å². The van der Waals surface area contributed by atoms with Crippen LogP contribution in [0.1, 0.15) is 5.69 Å². The Balaban J connectivity index is 2.73. The number of nitrogens with one attached hydrogen (secondary N) is 2. The van der Waals surface area contributed by atoms with E-state index in [0.29, 0.717) is 17.9 Å². The molecule has 6 nitrogen and oxygen atoms in total. The van der Waals surface area contributed by atoms with Crippen molar-refractivity contribution in [3.8, 4) is 0 Å². The summed E-state index contributed by atoms with van der Waals surface area (Å²) in [6.07, 6.45) is 1.65. The van der Waals surface area contributed by atoms with E-state index in [1.165, 1.54) is 0 Å². The largest absolute Gasteiger partial charge is 0.319 e. The van der Waals surface area contributed by atoms with Crippen LogP contribution in [-0.2, 0) is 17.1 Å². The molecule has 0 radical (unpaired) electrons. The molecule has 0 saturated carbocycles. The first-order chi connectivity index (χ1) is 6.94. The summed E-state index contributed by atoms with van der Waals surface area (Å²) in [5.41, 5.74) is 1.21. The van der Waals surface area contributed by atoms with Gasteiger partial charge in [0.05, 0.1) is 17.1 Å². The molecule has 0 fully saturated rings. The second kappa shape index (κ2) is 4.63. The molecule has 0 atom stereocenters. The minimum Gasteiger partial charge on any atom is -0.319 e. The van der Waals surface area contributed by atoms with Gasteiger partial charge in [0.15, 0.2) is 0 Å². The molecular weight excluding hydrogens is 216 g/mol. The molecule has 0 unspecified atom stereocenters. The summed E-state index contributed by atoms with van der Waals surface area (Å²) in [6, 6.07) is 0. The van der Waals surface area contributed by atoms with Crippen LogP contribution in [0, 0.1) is 6.92 Å².